The molecule has 1 fully saturated rings. The van der Waals surface area contributed by atoms with Crippen LogP contribution in [0.4, 0.5) is 5.69 Å². The average Bonchev–Trinajstić information content (AvgIpc) is 3.10. The Morgan fingerprint density at radius 3 is 2.76 bits per heavy atom. The van der Waals surface area contributed by atoms with E-state index in [-0.39, 0.29) is 0 Å². The summed E-state index contributed by atoms with van der Waals surface area (Å²) in [7, 11) is 0. The normalized spacial score (nSPS) is 22.2. The molecule has 86 valence electrons. The molecule has 2 nitrogen and oxygen atoms in total. The Hall–Kier alpha value is -1.54. The number of nitrogens with one attached hydrogen (secondary N) is 1. The third-order valence-electron chi connectivity index (χ3n) is 3.10. The van der Waals surface area contributed by atoms with Gasteiger partial charge in [-0.2, -0.15) is 0 Å². The number of pyridine rings is 1. The van der Waals surface area contributed by atoms with Gasteiger partial charge in [-0.05, 0) is 24.1 Å². The molecule has 2 aromatic rings. The van der Waals surface area contributed by atoms with Crippen molar-refractivity contribution in [2.75, 3.05) is 5.32 Å². The van der Waals surface area contributed by atoms with E-state index in [2.05, 4.69) is 40.6 Å². The second-order valence-corrected chi connectivity index (χ2v) is 4.76. The van der Waals surface area contributed by atoms with Gasteiger partial charge in [0.2, 0.25) is 0 Å². The monoisotopic (exact) mass is 244 g/mol. The summed E-state index contributed by atoms with van der Waals surface area (Å²) in [5.74, 6) is 0.628. The molecule has 0 aliphatic heterocycles. The van der Waals surface area contributed by atoms with E-state index < -0.39 is 0 Å². The lowest BCUT2D eigenvalue weighted by atomic mass is 10.1. The third-order valence-corrected chi connectivity index (χ3v) is 3.30. The summed E-state index contributed by atoms with van der Waals surface area (Å²) >= 11 is 5.85. The first-order chi connectivity index (χ1) is 8.33. The Morgan fingerprint density at radius 1 is 1.18 bits per heavy atom. The fraction of sp³-hybridized carbons (Fsp3) is 0.214. The minimum absolute atomic E-state index is 0.524. The second-order valence-electron chi connectivity index (χ2n) is 4.37. The molecule has 0 spiro atoms. The van der Waals surface area contributed by atoms with Crippen molar-refractivity contribution in [2.45, 2.75) is 18.4 Å². The minimum atomic E-state index is 0.524. The number of anilines is 1. The van der Waals surface area contributed by atoms with Crippen molar-refractivity contribution in [1.82, 2.24) is 4.98 Å². The van der Waals surface area contributed by atoms with Gasteiger partial charge in [0.15, 0.2) is 0 Å². The standard InChI is InChI=1S/C14H13ClN2/c15-14-8-11(6-7-16-14)17-13-9-12(13)10-4-2-1-3-5-10/h1-8,12-13H,9H2,(H,16,17). The SMILES string of the molecule is Clc1cc(NC2CC2c2ccccc2)ccn1. The number of hydrogen-bond donors (Lipinski definition) is 1. The van der Waals surface area contributed by atoms with Crippen LogP contribution in [0.1, 0.15) is 17.9 Å². The van der Waals surface area contributed by atoms with Crippen LogP contribution in [-0.2, 0) is 0 Å². The van der Waals surface area contributed by atoms with Crippen molar-refractivity contribution in [2.24, 2.45) is 0 Å². The van der Waals surface area contributed by atoms with Gasteiger partial charge in [-0.1, -0.05) is 41.9 Å². The second kappa shape index (κ2) is 4.38. The molecule has 1 aliphatic rings. The van der Waals surface area contributed by atoms with Crippen LogP contribution in [0.5, 0.6) is 0 Å². The highest BCUT2D eigenvalue weighted by atomic mass is 35.5. The van der Waals surface area contributed by atoms with Crippen molar-refractivity contribution in [1.29, 1.82) is 0 Å². The van der Waals surface area contributed by atoms with E-state index in [0.717, 1.165) is 5.69 Å². The van der Waals surface area contributed by atoms with Crippen LogP contribution in [0.3, 0.4) is 0 Å². The number of halogens is 1. The zero-order chi connectivity index (χ0) is 11.7. The number of nitrogens with zero attached hydrogens (tertiary/aromatic N) is 1. The van der Waals surface area contributed by atoms with Crippen LogP contribution < -0.4 is 5.32 Å². The molecule has 17 heavy (non-hydrogen) atoms. The Balaban J connectivity index is 1.66. The first kappa shape index (κ1) is 10.6. The Bertz CT molecular complexity index is 513. The average molecular weight is 245 g/mol. The highest BCUT2D eigenvalue weighted by Crippen LogP contribution is 2.42. The Morgan fingerprint density at radius 2 is 2.00 bits per heavy atom. The van der Waals surface area contributed by atoms with E-state index >= 15 is 0 Å². The van der Waals surface area contributed by atoms with Crippen molar-refractivity contribution in [3.63, 3.8) is 0 Å². The lowest BCUT2D eigenvalue weighted by Gasteiger charge is -2.05. The van der Waals surface area contributed by atoms with Gasteiger partial charge in [-0.25, -0.2) is 4.98 Å². The molecule has 0 saturated heterocycles. The molecule has 1 aromatic heterocycles. The van der Waals surface area contributed by atoms with Gasteiger partial charge in [0.1, 0.15) is 5.15 Å². The first-order valence-corrected chi connectivity index (χ1v) is 6.14. The quantitative estimate of drug-likeness (QED) is 0.833. The van der Waals surface area contributed by atoms with E-state index in [0.29, 0.717) is 17.1 Å². The smallest absolute Gasteiger partial charge is 0.131 e. The molecule has 0 radical (unpaired) electrons. The lowest BCUT2D eigenvalue weighted by molar-refractivity contribution is 1.04. The first-order valence-electron chi connectivity index (χ1n) is 5.76. The maximum Gasteiger partial charge on any atom is 0.131 e. The summed E-state index contributed by atoms with van der Waals surface area (Å²) < 4.78 is 0. The minimum Gasteiger partial charge on any atom is -0.382 e. The third kappa shape index (κ3) is 2.42. The van der Waals surface area contributed by atoms with Crippen molar-refractivity contribution in [3.05, 3.63) is 59.4 Å². The van der Waals surface area contributed by atoms with Crippen LogP contribution in [0.25, 0.3) is 0 Å². The van der Waals surface area contributed by atoms with Gasteiger partial charge in [0.05, 0.1) is 0 Å². The van der Waals surface area contributed by atoms with Crippen LogP contribution >= 0.6 is 11.6 Å². The van der Waals surface area contributed by atoms with E-state index in [1.165, 1.54) is 12.0 Å². The summed E-state index contributed by atoms with van der Waals surface area (Å²) in [5, 5.41) is 4.01. The van der Waals surface area contributed by atoms with E-state index in [9.17, 15) is 0 Å². The van der Waals surface area contributed by atoms with Gasteiger partial charge in [-0.15, -0.1) is 0 Å². The van der Waals surface area contributed by atoms with Gasteiger partial charge in [0, 0.05) is 23.8 Å². The molecule has 1 heterocycles. The molecule has 2 unspecified atom stereocenters. The van der Waals surface area contributed by atoms with E-state index in [1.54, 1.807) is 6.20 Å². The highest BCUT2D eigenvalue weighted by Gasteiger charge is 2.38. The summed E-state index contributed by atoms with van der Waals surface area (Å²) in [6.07, 6.45) is 2.91. The van der Waals surface area contributed by atoms with Crippen molar-refractivity contribution >= 4 is 17.3 Å². The van der Waals surface area contributed by atoms with Crippen molar-refractivity contribution in [3.8, 4) is 0 Å². The molecule has 1 aliphatic carbocycles. The maximum atomic E-state index is 5.85. The van der Waals surface area contributed by atoms with Gasteiger partial charge in [-0.3, -0.25) is 0 Å². The predicted octanol–water partition coefficient (Wildman–Crippen LogP) is 3.70. The number of benzene rings is 1. The fourth-order valence-corrected chi connectivity index (χ4v) is 2.30. The fourth-order valence-electron chi connectivity index (χ4n) is 2.13. The summed E-state index contributed by atoms with van der Waals surface area (Å²) in [5.41, 5.74) is 2.46. The molecule has 1 N–H and O–H groups in total. The predicted molar refractivity (Wildman–Crippen MR) is 70.5 cm³/mol. The van der Waals surface area contributed by atoms with Crippen LogP contribution in [-0.4, -0.2) is 11.0 Å². The summed E-state index contributed by atoms with van der Waals surface area (Å²) in [4.78, 5) is 3.97. The maximum absolute atomic E-state index is 5.85. The molecular formula is C14H13ClN2. The molecule has 0 amide bonds. The molecule has 0 bridgehead atoms. The van der Waals surface area contributed by atoms with Crippen LogP contribution in [0, 0.1) is 0 Å². The number of rotatable bonds is 3. The van der Waals surface area contributed by atoms with Gasteiger partial charge in [0.25, 0.3) is 0 Å². The molecule has 1 aromatic carbocycles. The van der Waals surface area contributed by atoms with Crippen molar-refractivity contribution < 1.29 is 0 Å². The summed E-state index contributed by atoms with van der Waals surface area (Å²) in [6.45, 7) is 0. The van der Waals surface area contributed by atoms with E-state index in [1.807, 2.05) is 12.1 Å². The topological polar surface area (TPSA) is 24.9 Å². The zero-order valence-corrected chi connectivity index (χ0v) is 10.1. The molecule has 3 heteroatoms. The summed E-state index contributed by atoms with van der Waals surface area (Å²) in [6, 6.07) is 14.9. The van der Waals surface area contributed by atoms with Gasteiger partial charge >= 0.3 is 0 Å². The number of aromatic nitrogens is 1. The molecular weight excluding hydrogens is 232 g/mol. The largest absolute Gasteiger partial charge is 0.382 e. The molecule has 2 atom stereocenters. The van der Waals surface area contributed by atoms with E-state index in [4.69, 9.17) is 11.6 Å². The van der Waals surface area contributed by atoms with Crippen LogP contribution in [0.15, 0.2) is 48.7 Å². The van der Waals surface area contributed by atoms with Gasteiger partial charge < -0.3 is 5.32 Å². The highest BCUT2D eigenvalue weighted by molar-refractivity contribution is 6.29. The lowest BCUT2D eigenvalue weighted by Crippen LogP contribution is -2.04. The molecule has 3 rings (SSSR count). The van der Waals surface area contributed by atoms with Crippen LogP contribution in [0.2, 0.25) is 5.15 Å². The zero-order valence-electron chi connectivity index (χ0n) is 9.31. The molecule has 1 saturated carbocycles. The Labute approximate surface area is 106 Å². The Kier molecular flexibility index (Phi) is 2.73. The number of hydrogen-bond acceptors (Lipinski definition) is 2.